The van der Waals surface area contributed by atoms with Crippen molar-refractivity contribution in [2.45, 2.75) is 38.5 Å². The Morgan fingerprint density at radius 2 is 1.19 bits per heavy atom. The Morgan fingerprint density at radius 1 is 0.812 bits per heavy atom. The molecular weight excluding hydrogens is 239 g/mol. The molecule has 2 heterocycles. The number of nitrogens with zero attached hydrogens (tertiary/aromatic N) is 2. The van der Waals surface area contributed by atoms with E-state index >= 15 is 0 Å². The Kier molecular flexibility index (Phi) is 4.80. The van der Waals surface area contributed by atoms with E-state index in [1.165, 1.54) is 38.5 Å². The zero-order chi connectivity index (χ0) is 11.4. The van der Waals surface area contributed by atoms with Crippen molar-refractivity contribution in [2.75, 3.05) is 33.3 Å². The van der Waals surface area contributed by atoms with Crippen molar-refractivity contribution >= 4 is 18.4 Å². The van der Waals surface area contributed by atoms with Crippen molar-refractivity contribution in [3.05, 3.63) is 0 Å². The minimum absolute atomic E-state index is 1.14. The standard InChI is InChI=1S/C11H23N2OPS/c1-14-15(16,12-8-4-2-5-9-12)13-10-6-3-7-11-13/h2-11H2,1H3. The predicted molar refractivity (Wildman–Crippen MR) is 72.1 cm³/mol. The molecule has 94 valence electrons. The smallest absolute Gasteiger partial charge is 0.203 e. The average molecular weight is 262 g/mol. The van der Waals surface area contributed by atoms with E-state index in [2.05, 4.69) is 9.34 Å². The first-order valence-electron chi connectivity index (χ1n) is 6.44. The highest BCUT2D eigenvalue weighted by Crippen LogP contribution is 2.55. The van der Waals surface area contributed by atoms with E-state index in [4.69, 9.17) is 16.3 Å². The molecule has 0 unspecified atom stereocenters. The van der Waals surface area contributed by atoms with Gasteiger partial charge in [-0.1, -0.05) is 12.8 Å². The van der Waals surface area contributed by atoms with Crippen LogP contribution in [-0.2, 0) is 16.3 Å². The van der Waals surface area contributed by atoms with Gasteiger partial charge in [0.15, 0.2) is 0 Å². The van der Waals surface area contributed by atoms with Crippen LogP contribution < -0.4 is 0 Å². The maximum atomic E-state index is 5.88. The van der Waals surface area contributed by atoms with Crippen LogP contribution in [0.5, 0.6) is 0 Å². The van der Waals surface area contributed by atoms with E-state index in [1.807, 2.05) is 7.11 Å². The zero-order valence-electron chi connectivity index (χ0n) is 10.2. The van der Waals surface area contributed by atoms with Gasteiger partial charge in [0.25, 0.3) is 0 Å². The lowest BCUT2D eigenvalue weighted by molar-refractivity contribution is 0.249. The fourth-order valence-electron chi connectivity index (χ4n) is 2.67. The summed E-state index contributed by atoms with van der Waals surface area (Å²) < 4.78 is 10.7. The van der Waals surface area contributed by atoms with Crippen molar-refractivity contribution in [1.29, 1.82) is 0 Å². The summed E-state index contributed by atoms with van der Waals surface area (Å²) in [4.78, 5) is 0. The minimum Gasteiger partial charge on any atom is -0.330 e. The Hall–Kier alpha value is 0.530. The molecule has 0 saturated carbocycles. The van der Waals surface area contributed by atoms with Gasteiger partial charge in [-0.3, -0.25) is 0 Å². The quantitative estimate of drug-likeness (QED) is 0.726. The molecular formula is C11H23N2OPS. The van der Waals surface area contributed by atoms with E-state index in [9.17, 15) is 0 Å². The average Bonchev–Trinajstić information content (AvgIpc) is 2.40. The highest BCUT2D eigenvalue weighted by molar-refractivity contribution is 8.09. The van der Waals surface area contributed by atoms with Gasteiger partial charge in [-0.05, 0) is 37.5 Å². The van der Waals surface area contributed by atoms with Crippen LogP contribution in [-0.4, -0.2) is 42.6 Å². The maximum Gasteiger partial charge on any atom is 0.203 e. The first kappa shape index (κ1) is 13.0. The first-order valence-corrected chi connectivity index (χ1v) is 9.06. The van der Waals surface area contributed by atoms with Crippen molar-refractivity contribution in [2.24, 2.45) is 0 Å². The van der Waals surface area contributed by atoms with E-state index < -0.39 is 6.57 Å². The molecule has 0 amide bonds. The lowest BCUT2D eigenvalue weighted by Crippen LogP contribution is -2.38. The molecule has 0 aromatic rings. The molecule has 0 bridgehead atoms. The van der Waals surface area contributed by atoms with Gasteiger partial charge in [0, 0.05) is 33.3 Å². The van der Waals surface area contributed by atoms with Gasteiger partial charge in [-0.15, -0.1) is 0 Å². The van der Waals surface area contributed by atoms with Crippen molar-refractivity contribution in [1.82, 2.24) is 9.34 Å². The summed E-state index contributed by atoms with van der Waals surface area (Å²) in [5, 5.41) is 0. The fraction of sp³-hybridized carbons (Fsp3) is 1.00. The van der Waals surface area contributed by atoms with Crippen LogP contribution in [0, 0.1) is 0 Å². The van der Waals surface area contributed by atoms with Gasteiger partial charge in [0.2, 0.25) is 6.57 Å². The van der Waals surface area contributed by atoms with Crippen LogP contribution in [0.15, 0.2) is 0 Å². The second-order valence-corrected chi connectivity index (χ2v) is 8.61. The van der Waals surface area contributed by atoms with Gasteiger partial charge in [-0.25, -0.2) is 9.34 Å². The van der Waals surface area contributed by atoms with Crippen molar-refractivity contribution in [3.8, 4) is 0 Å². The second-order valence-electron chi connectivity index (χ2n) is 4.70. The van der Waals surface area contributed by atoms with Crippen LogP contribution in [0.2, 0.25) is 0 Å². The molecule has 2 rings (SSSR count). The van der Waals surface area contributed by atoms with Crippen LogP contribution >= 0.6 is 6.57 Å². The number of hydrogen-bond donors (Lipinski definition) is 0. The summed E-state index contributed by atoms with van der Waals surface area (Å²) in [6.07, 6.45) is 7.86. The SMILES string of the molecule is COP(=S)(N1CCCCC1)N1CCCCC1. The van der Waals surface area contributed by atoms with Crippen molar-refractivity contribution < 1.29 is 4.52 Å². The highest BCUT2D eigenvalue weighted by atomic mass is 32.5. The van der Waals surface area contributed by atoms with Gasteiger partial charge in [0.05, 0.1) is 0 Å². The summed E-state index contributed by atoms with van der Waals surface area (Å²) >= 11 is 5.88. The minimum atomic E-state index is -1.85. The molecule has 0 spiro atoms. The summed E-state index contributed by atoms with van der Waals surface area (Å²) in [5.74, 6) is 0. The summed E-state index contributed by atoms with van der Waals surface area (Å²) in [5.41, 5.74) is 0. The Balaban J connectivity index is 2.06. The van der Waals surface area contributed by atoms with Crippen molar-refractivity contribution in [3.63, 3.8) is 0 Å². The molecule has 5 heteroatoms. The van der Waals surface area contributed by atoms with E-state index in [0.29, 0.717) is 0 Å². The van der Waals surface area contributed by atoms with E-state index in [1.54, 1.807) is 0 Å². The molecule has 0 aliphatic carbocycles. The van der Waals surface area contributed by atoms with Crippen LogP contribution in [0.25, 0.3) is 0 Å². The monoisotopic (exact) mass is 262 g/mol. The number of rotatable bonds is 3. The van der Waals surface area contributed by atoms with Gasteiger partial charge in [0.1, 0.15) is 0 Å². The van der Waals surface area contributed by atoms with E-state index in [-0.39, 0.29) is 0 Å². The summed E-state index contributed by atoms with van der Waals surface area (Å²) in [6.45, 7) is 2.71. The molecule has 2 fully saturated rings. The molecule has 2 saturated heterocycles. The van der Waals surface area contributed by atoms with Gasteiger partial charge < -0.3 is 4.52 Å². The Morgan fingerprint density at radius 3 is 1.50 bits per heavy atom. The molecule has 2 aliphatic rings. The topological polar surface area (TPSA) is 15.7 Å². The predicted octanol–water partition coefficient (Wildman–Crippen LogP) is 2.83. The lowest BCUT2D eigenvalue weighted by Gasteiger charge is -2.44. The third-order valence-corrected chi connectivity index (χ3v) is 8.16. The highest BCUT2D eigenvalue weighted by Gasteiger charge is 2.34. The van der Waals surface area contributed by atoms with Crippen LogP contribution in [0.1, 0.15) is 38.5 Å². The molecule has 0 aromatic heterocycles. The third-order valence-electron chi connectivity index (χ3n) is 3.62. The maximum absolute atomic E-state index is 5.88. The zero-order valence-corrected chi connectivity index (χ0v) is 11.9. The molecule has 0 atom stereocenters. The summed E-state index contributed by atoms with van der Waals surface area (Å²) in [6, 6.07) is 0. The molecule has 0 aromatic carbocycles. The molecule has 0 radical (unpaired) electrons. The fourth-order valence-corrected chi connectivity index (χ4v) is 6.05. The largest absolute Gasteiger partial charge is 0.330 e. The molecule has 16 heavy (non-hydrogen) atoms. The first-order chi connectivity index (χ1) is 7.77. The Bertz CT molecular complexity index is 241. The van der Waals surface area contributed by atoms with Crippen LogP contribution in [0.4, 0.5) is 0 Å². The second kappa shape index (κ2) is 5.92. The number of hydrogen-bond acceptors (Lipinski definition) is 2. The Labute approximate surface area is 104 Å². The molecule has 2 aliphatic heterocycles. The molecule has 0 N–H and O–H groups in total. The van der Waals surface area contributed by atoms with E-state index in [0.717, 1.165) is 26.2 Å². The molecule has 3 nitrogen and oxygen atoms in total. The summed E-state index contributed by atoms with van der Waals surface area (Å²) in [7, 11) is 1.81. The lowest BCUT2D eigenvalue weighted by atomic mass is 10.2. The number of piperidine rings is 2. The normalized spacial score (nSPS) is 25.8. The van der Waals surface area contributed by atoms with Gasteiger partial charge in [-0.2, -0.15) is 0 Å². The van der Waals surface area contributed by atoms with Crippen LogP contribution in [0.3, 0.4) is 0 Å². The third kappa shape index (κ3) is 2.68. The van der Waals surface area contributed by atoms with Gasteiger partial charge >= 0.3 is 0 Å².